The monoisotopic (exact) mass is 841 g/mol. The van der Waals surface area contributed by atoms with E-state index < -0.39 is 0 Å². The Hall–Kier alpha value is -5.22. The van der Waals surface area contributed by atoms with Crippen LogP contribution in [0.4, 0.5) is 34.1 Å². The van der Waals surface area contributed by atoms with Crippen LogP contribution >= 0.6 is 0 Å². The number of nitrogens with zero attached hydrogens (tertiary/aromatic N) is 2. The summed E-state index contributed by atoms with van der Waals surface area (Å²) in [6, 6.07) is 43.9. The van der Waals surface area contributed by atoms with Gasteiger partial charge in [-0.2, -0.15) is 0 Å². The second-order valence-corrected chi connectivity index (χ2v) is 21.0. The van der Waals surface area contributed by atoms with Gasteiger partial charge in [0.05, 0.1) is 11.1 Å². The van der Waals surface area contributed by atoms with Crippen LogP contribution in [0, 0.1) is 24.7 Å². The van der Waals surface area contributed by atoms with Crippen molar-refractivity contribution >= 4 is 79.2 Å². The van der Waals surface area contributed by atoms with E-state index in [4.69, 9.17) is 4.42 Å². The SMILES string of the molecule is CCCCc1ccc(N2c3ccc(C)cc3B3c4ccc5oc6ccc(CCCC)cc6c5c4N(c4ccc(C(CC)CCC)cc4)c4cc(C56CC7CC(C5)C(C7)C6)cc2c43)cc1. The van der Waals surface area contributed by atoms with E-state index in [-0.39, 0.29) is 12.1 Å². The van der Waals surface area contributed by atoms with E-state index in [0.29, 0.717) is 5.92 Å². The Labute approximate surface area is 382 Å². The van der Waals surface area contributed by atoms with E-state index in [1.807, 2.05) is 0 Å². The normalized spacial score (nSPS) is 21.8. The summed E-state index contributed by atoms with van der Waals surface area (Å²) in [5, 5.41) is 2.49. The van der Waals surface area contributed by atoms with E-state index in [1.165, 1.54) is 154 Å². The van der Waals surface area contributed by atoms with E-state index in [1.54, 1.807) is 5.56 Å². The van der Waals surface area contributed by atoms with Crippen LogP contribution in [0.2, 0.25) is 0 Å². The number of hydrogen-bond donors (Lipinski definition) is 0. The van der Waals surface area contributed by atoms with Crippen LogP contribution in [-0.2, 0) is 18.3 Å². The molecule has 3 nitrogen and oxygen atoms in total. The Morgan fingerprint density at radius 1 is 0.641 bits per heavy atom. The fraction of sp³-hybridized carbons (Fsp3) is 0.400. The fourth-order valence-electron chi connectivity index (χ4n) is 14.1. The van der Waals surface area contributed by atoms with Gasteiger partial charge in [-0.05, 0) is 206 Å². The van der Waals surface area contributed by atoms with Crippen molar-refractivity contribution < 1.29 is 4.42 Å². The van der Waals surface area contributed by atoms with Gasteiger partial charge in [-0.3, -0.25) is 0 Å². The molecule has 6 aromatic carbocycles. The predicted octanol–water partition coefficient (Wildman–Crippen LogP) is 15.0. The maximum absolute atomic E-state index is 6.89. The van der Waals surface area contributed by atoms with Crippen LogP contribution in [0.3, 0.4) is 0 Å². The smallest absolute Gasteiger partial charge is 0.252 e. The highest BCUT2D eigenvalue weighted by Gasteiger charge is 2.57. The highest BCUT2D eigenvalue weighted by molar-refractivity contribution is 7.00. The van der Waals surface area contributed by atoms with Gasteiger partial charge in [-0.25, -0.2) is 0 Å². The standard InChI is InChI=1S/C60H65BN2O/c1-6-10-13-39-16-21-47(22-17-39)62-52-26-15-38(5)29-51(52)61-50-25-28-56-57(49-32-40(14-11-7-2)18-27-55(49)64-56)59(50)63(48-23-19-43(20-24-48)42(9-4)12-8-3)54-34-46(33-53(62)58(54)61)60-35-41-30-44(36-60)45(31-41)37-60/h15-29,32-34,41-42,44-45H,6-14,30-31,35-37H2,1-5H3. The molecule has 0 spiro atoms. The lowest BCUT2D eigenvalue weighted by atomic mass is 9.33. The summed E-state index contributed by atoms with van der Waals surface area (Å²) in [4.78, 5) is 5.38. The van der Waals surface area contributed by atoms with Crippen LogP contribution in [-0.4, -0.2) is 6.71 Å². The Kier molecular flexibility index (Phi) is 9.92. The third kappa shape index (κ3) is 6.28. The van der Waals surface area contributed by atoms with Crippen molar-refractivity contribution in [2.45, 2.75) is 136 Å². The highest BCUT2D eigenvalue weighted by atomic mass is 16.3. The lowest BCUT2D eigenvalue weighted by Gasteiger charge is -2.46. The lowest BCUT2D eigenvalue weighted by molar-refractivity contribution is 0.229. The van der Waals surface area contributed by atoms with Gasteiger partial charge >= 0.3 is 0 Å². The van der Waals surface area contributed by atoms with Crippen molar-refractivity contribution in [3.63, 3.8) is 0 Å². The van der Waals surface area contributed by atoms with E-state index >= 15 is 0 Å². The number of unbranched alkanes of at least 4 members (excludes halogenated alkanes) is 2. The molecule has 64 heavy (non-hydrogen) atoms. The largest absolute Gasteiger partial charge is 0.456 e. The molecule has 3 unspecified atom stereocenters. The predicted molar refractivity (Wildman–Crippen MR) is 273 cm³/mol. The minimum Gasteiger partial charge on any atom is -0.456 e. The molecule has 13 rings (SSSR count). The molecule has 0 saturated heterocycles. The first-order valence-corrected chi connectivity index (χ1v) is 25.4. The molecular formula is C60H65BN2O. The molecule has 7 aromatic rings. The summed E-state index contributed by atoms with van der Waals surface area (Å²) in [6.07, 6.45) is 17.5. The van der Waals surface area contributed by atoms with E-state index in [2.05, 4.69) is 154 Å². The minimum atomic E-state index is 0.0692. The zero-order valence-corrected chi connectivity index (χ0v) is 39.0. The number of hydrogen-bond acceptors (Lipinski definition) is 3. The fourth-order valence-corrected chi connectivity index (χ4v) is 14.1. The van der Waals surface area contributed by atoms with Gasteiger partial charge in [-0.1, -0.05) is 101 Å². The van der Waals surface area contributed by atoms with Crippen LogP contribution in [0.5, 0.6) is 0 Å². The molecule has 0 N–H and O–H groups in total. The van der Waals surface area contributed by atoms with Gasteiger partial charge in [-0.15, -0.1) is 0 Å². The molecule has 4 fully saturated rings. The molecule has 324 valence electrons. The first kappa shape index (κ1) is 40.3. The first-order valence-electron chi connectivity index (χ1n) is 25.4. The summed E-state index contributed by atoms with van der Waals surface area (Å²) >= 11 is 0. The van der Waals surface area contributed by atoms with Crippen LogP contribution in [0.15, 0.2) is 114 Å². The van der Waals surface area contributed by atoms with Crippen LogP contribution in [0.25, 0.3) is 21.9 Å². The third-order valence-corrected chi connectivity index (χ3v) is 17.0. The Morgan fingerprint density at radius 3 is 2.02 bits per heavy atom. The van der Waals surface area contributed by atoms with E-state index in [0.717, 1.165) is 48.2 Å². The average Bonchev–Trinajstić information content (AvgIpc) is 3.92. The van der Waals surface area contributed by atoms with Crippen molar-refractivity contribution in [2.75, 3.05) is 9.80 Å². The molecule has 6 aliphatic rings. The Morgan fingerprint density at radius 2 is 1.31 bits per heavy atom. The lowest BCUT2D eigenvalue weighted by Crippen LogP contribution is -2.61. The summed E-state index contributed by atoms with van der Waals surface area (Å²) < 4.78 is 6.89. The summed E-state index contributed by atoms with van der Waals surface area (Å²) in [5.74, 6) is 3.21. The number of benzene rings is 6. The van der Waals surface area contributed by atoms with Crippen molar-refractivity contribution in [2.24, 2.45) is 17.8 Å². The second kappa shape index (κ2) is 15.7. The van der Waals surface area contributed by atoms with Gasteiger partial charge in [0, 0.05) is 33.8 Å². The molecule has 2 aliphatic heterocycles. The molecule has 3 atom stereocenters. The third-order valence-electron chi connectivity index (χ3n) is 17.0. The molecule has 0 amide bonds. The van der Waals surface area contributed by atoms with Gasteiger partial charge in [0.25, 0.3) is 6.71 Å². The maximum Gasteiger partial charge on any atom is 0.252 e. The van der Waals surface area contributed by atoms with Gasteiger partial charge in [0.2, 0.25) is 0 Å². The molecular weight excluding hydrogens is 775 g/mol. The average molecular weight is 841 g/mol. The zero-order valence-electron chi connectivity index (χ0n) is 39.0. The highest BCUT2D eigenvalue weighted by Crippen LogP contribution is 2.65. The Bertz CT molecular complexity index is 2890. The number of fused-ring (bicyclic) bond motifs is 8. The molecule has 1 aromatic heterocycles. The molecule has 4 aliphatic carbocycles. The van der Waals surface area contributed by atoms with Crippen LogP contribution in [0.1, 0.15) is 138 Å². The zero-order chi connectivity index (χ0) is 43.3. The van der Waals surface area contributed by atoms with Gasteiger partial charge < -0.3 is 14.2 Å². The van der Waals surface area contributed by atoms with Crippen molar-refractivity contribution in [3.8, 4) is 0 Å². The topological polar surface area (TPSA) is 19.6 Å². The number of furan rings is 1. The van der Waals surface area contributed by atoms with Crippen molar-refractivity contribution in [3.05, 3.63) is 137 Å². The summed E-state index contributed by atoms with van der Waals surface area (Å²) in [6.45, 7) is 11.6. The maximum atomic E-state index is 6.89. The molecule has 4 saturated carbocycles. The molecule has 0 radical (unpaired) electrons. The van der Waals surface area contributed by atoms with Crippen molar-refractivity contribution in [1.29, 1.82) is 0 Å². The Balaban J connectivity index is 1.16. The number of anilines is 6. The number of rotatable bonds is 13. The van der Waals surface area contributed by atoms with Crippen molar-refractivity contribution in [1.82, 2.24) is 0 Å². The van der Waals surface area contributed by atoms with E-state index in [9.17, 15) is 0 Å². The molecule has 4 heteroatoms. The van der Waals surface area contributed by atoms with Gasteiger partial charge in [0.15, 0.2) is 0 Å². The first-order chi connectivity index (χ1) is 31.4. The van der Waals surface area contributed by atoms with Gasteiger partial charge in [0.1, 0.15) is 11.2 Å². The summed E-state index contributed by atoms with van der Waals surface area (Å²) in [5.41, 5.74) is 21.4. The number of aryl methyl sites for hydroxylation is 3. The quantitative estimate of drug-likeness (QED) is 0.108. The second-order valence-electron chi connectivity index (χ2n) is 21.0. The summed E-state index contributed by atoms with van der Waals surface area (Å²) in [7, 11) is 0. The minimum absolute atomic E-state index is 0.0692. The van der Waals surface area contributed by atoms with Crippen LogP contribution < -0.4 is 26.2 Å². The molecule has 4 bridgehead atoms. The molecule has 3 heterocycles.